The molecular formula is C21H32N2S. The number of hydrogen-bond acceptors (Lipinski definition) is 3. The SMILES string of the molecule is CCN(CCN(C)CCC1CCCCC1)c1cccc2sccc12. The second-order valence-electron chi connectivity index (χ2n) is 7.29. The van der Waals surface area contributed by atoms with Crippen LogP contribution in [-0.2, 0) is 0 Å². The summed E-state index contributed by atoms with van der Waals surface area (Å²) in [5, 5.41) is 3.62. The molecule has 1 heterocycles. The molecule has 1 aliphatic rings. The van der Waals surface area contributed by atoms with Crippen LogP contribution in [0.5, 0.6) is 0 Å². The van der Waals surface area contributed by atoms with Gasteiger partial charge in [-0.05, 0) is 56.4 Å². The summed E-state index contributed by atoms with van der Waals surface area (Å²) < 4.78 is 1.40. The van der Waals surface area contributed by atoms with E-state index in [1.54, 1.807) is 0 Å². The Labute approximate surface area is 151 Å². The zero-order valence-corrected chi connectivity index (χ0v) is 16.2. The fraction of sp³-hybridized carbons (Fsp3) is 0.619. The van der Waals surface area contributed by atoms with Crippen LogP contribution in [-0.4, -0.2) is 38.1 Å². The fourth-order valence-electron chi connectivity index (χ4n) is 3.98. The Hall–Kier alpha value is -1.06. The van der Waals surface area contributed by atoms with Gasteiger partial charge in [-0.1, -0.05) is 38.2 Å². The second kappa shape index (κ2) is 8.87. The molecule has 2 aromatic rings. The lowest BCUT2D eigenvalue weighted by Gasteiger charge is -2.28. The average Bonchev–Trinajstić information content (AvgIpc) is 3.11. The van der Waals surface area contributed by atoms with Crippen molar-refractivity contribution in [3.05, 3.63) is 29.6 Å². The molecule has 0 atom stereocenters. The molecule has 1 fully saturated rings. The third-order valence-electron chi connectivity index (χ3n) is 5.59. The monoisotopic (exact) mass is 344 g/mol. The Morgan fingerprint density at radius 1 is 1.04 bits per heavy atom. The molecule has 0 radical (unpaired) electrons. The Kier molecular flexibility index (Phi) is 6.56. The first kappa shape index (κ1) is 17.8. The van der Waals surface area contributed by atoms with E-state index in [-0.39, 0.29) is 0 Å². The van der Waals surface area contributed by atoms with Crippen molar-refractivity contribution < 1.29 is 0 Å². The zero-order chi connectivity index (χ0) is 16.8. The Bertz CT molecular complexity index is 615. The molecule has 0 saturated heterocycles. The molecule has 24 heavy (non-hydrogen) atoms. The molecule has 1 aliphatic carbocycles. The van der Waals surface area contributed by atoms with E-state index in [9.17, 15) is 0 Å². The van der Waals surface area contributed by atoms with Crippen molar-refractivity contribution in [2.75, 3.05) is 38.1 Å². The molecular weight excluding hydrogens is 312 g/mol. The van der Waals surface area contributed by atoms with E-state index in [0.29, 0.717) is 0 Å². The summed E-state index contributed by atoms with van der Waals surface area (Å²) in [6, 6.07) is 8.97. The standard InChI is InChI=1S/C21H32N2S/c1-3-23(20-10-7-11-21-19(20)13-17-24-21)16-15-22(2)14-12-18-8-5-4-6-9-18/h7,10-11,13,17-18H,3-6,8-9,12,14-16H2,1-2H3. The first-order valence-corrected chi connectivity index (χ1v) is 10.6. The van der Waals surface area contributed by atoms with Crippen molar-refractivity contribution in [3.63, 3.8) is 0 Å². The largest absolute Gasteiger partial charge is 0.370 e. The van der Waals surface area contributed by atoms with Gasteiger partial charge in [0.05, 0.1) is 0 Å². The topological polar surface area (TPSA) is 6.48 Å². The lowest BCUT2D eigenvalue weighted by molar-refractivity contribution is 0.268. The molecule has 0 amide bonds. The van der Waals surface area contributed by atoms with Gasteiger partial charge in [0.1, 0.15) is 0 Å². The Balaban J connectivity index is 1.51. The molecule has 132 valence electrons. The summed E-state index contributed by atoms with van der Waals surface area (Å²) in [4.78, 5) is 5.07. The Morgan fingerprint density at radius 2 is 1.88 bits per heavy atom. The number of nitrogens with zero attached hydrogens (tertiary/aromatic N) is 2. The maximum absolute atomic E-state index is 2.53. The van der Waals surface area contributed by atoms with Crippen LogP contribution in [0.1, 0.15) is 45.4 Å². The van der Waals surface area contributed by atoms with Gasteiger partial charge < -0.3 is 9.80 Å². The molecule has 0 aliphatic heterocycles. The van der Waals surface area contributed by atoms with Crippen LogP contribution in [0.25, 0.3) is 10.1 Å². The van der Waals surface area contributed by atoms with Gasteiger partial charge >= 0.3 is 0 Å². The lowest BCUT2D eigenvalue weighted by atomic mass is 9.87. The summed E-state index contributed by atoms with van der Waals surface area (Å²) in [5.41, 5.74) is 1.40. The summed E-state index contributed by atoms with van der Waals surface area (Å²) in [6.07, 6.45) is 8.71. The quantitative estimate of drug-likeness (QED) is 0.612. The number of likely N-dealkylation sites (N-methyl/N-ethyl adjacent to an activating group) is 2. The van der Waals surface area contributed by atoms with Gasteiger partial charge in [-0.3, -0.25) is 0 Å². The van der Waals surface area contributed by atoms with Crippen molar-refractivity contribution in [1.82, 2.24) is 4.90 Å². The molecule has 1 aromatic carbocycles. The number of hydrogen-bond donors (Lipinski definition) is 0. The van der Waals surface area contributed by atoms with Crippen LogP contribution in [0.4, 0.5) is 5.69 Å². The van der Waals surface area contributed by atoms with Crippen LogP contribution >= 0.6 is 11.3 Å². The first-order valence-electron chi connectivity index (χ1n) is 9.67. The molecule has 0 unspecified atom stereocenters. The minimum absolute atomic E-state index is 0.989. The smallest absolute Gasteiger partial charge is 0.0454 e. The molecule has 0 N–H and O–H groups in total. The fourth-order valence-corrected chi connectivity index (χ4v) is 4.79. The van der Waals surface area contributed by atoms with Crippen LogP contribution in [0.3, 0.4) is 0 Å². The first-order chi connectivity index (χ1) is 11.8. The maximum Gasteiger partial charge on any atom is 0.0454 e. The number of benzene rings is 1. The van der Waals surface area contributed by atoms with E-state index in [1.165, 1.54) is 60.8 Å². The molecule has 3 heteroatoms. The summed E-state index contributed by atoms with van der Waals surface area (Å²) in [5.74, 6) is 0.989. The van der Waals surface area contributed by atoms with Gasteiger partial charge in [0.2, 0.25) is 0 Å². The van der Waals surface area contributed by atoms with Gasteiger partial charge in [-0.25, -0.2) is 0 Å². The lowest BCUT2D eigenvalue weighted by Crippen LogP contribution is -2.34. The average molecular weight is 345 g/mol. The number of fused-ring (bicyclic) bond motifs is 1. The van der Waals surface area contributed by atoms with E-state index >= 15 is 0 Å². The van der Waals surface area contributed by atoms with Gasteiger partial charge in [0.15, 0.2) is 0 Å². The van der Waals surface area contributed by atoms with Crippen molar-refractivity contribution in [3.8, 4) is 0 Å². The third kappa shape index (κ3) is 4.52. The minimum atomic E-state index is 0.989. The van der Waals surface area contributed by atoms with E-state index in [0.717, 1.165) is 25.6 Å². The van der Waals surface area contributed by atoms with Crippen molar-refractivity contribution in [2.45, 2.75) is 45.4 Å². The number of anilines is 1. The molecule has 1 saturated carbocycles. The van der Waals surface area contributed by atoms with Crippen molar-refractivity contribution >= 4 is 27.1 Å². The predicted molar refractivity (Wildman–Crippen MR) is 108 cm³/mol. The predicted octanol–water partition coefficient (Wildman–Crippen LogP) is 5.63. The van der Waals surface area contributed by atoms with Gasteiger partial charge in [-0.15, -0.1) is 11.3 Å². The highest BCUT2D eigenvalue weighted by Gasteiger charge is 2.14. The summed E-state index contributed by atoms with van der Waals surface area (Å²) >= 11 is 1.84. The molecule has 1 aromatic heterocycles. The molecule has 0 spiro atoms. The van der Waals surface area contributed by atoms with Crippen molar-refractivity contribution in [1.29, 1.82) is 0 Å². The van der Waals surface area contributed by atoms with Crippen LogP contribution in [0.15, 0.2) is 29.6 Å². The maximum atomic E-state index is 2.53. The summed E-state index contributed by atoms with van der Waals surface area (Å²) in [7, 11) is 2.29. The molecule has 3 rings (SSSR count). The van der Waals surface area contributed by atoms with Gasteiger partial charge in [0, 0.05) is 35.4 Å². The zero-order valence-electron chi connectivity index (χ0n) is 15.3. The van der Waals surface area contributed by atoms with E-state index in [2.05, 4.69) is 53.4 Å². The highest BCUT2D eigenvalue weighted by Crippen LogP contribution is 2.30. The van der Waals surface area contributed by atoms with Gasteiger partial charge in [-0.2, -0.15) is 0 Å². The minimum Gasteiger partial charge on any atom is -0.370 e. The van der Waals surface area contributed by atoms with Crippen molar-refractivity contribution in [2.24, 2.45) is 5.92 Å². The highest BCUT2D eigenvalue weighted by atomic mass is 32.1. The highest BCUT2D eigenvalue weighted by molar-refractivity contribution is 7.17. The van der Waals surface area contributed by atoms with Crippen LogP contribution in [0, 0.1) is 5.92 Å². The number of rotatable bonds is 8. The van der Waals surface area contributed by atoms with E-state index in [1.807, 2.05) is 11.3 Å². The molecule has 2 nitrogen and oxygen atoms in total. The molecule has 0 bridgehead atoms. The number of thiophene rings is 1. The van der Waals surface area contributed by atoms with Crippen LogP contribution < -0.4 is 4.90 Å². The second-order valence-corrected chi connectivity index (χ2v) is 8.23. The van der Waals surface area contributed by atoms with Crippen LogP contribution in [0.2, 0.25) is 0 Å². The third-order valence-corrected chi connectivity index (χ3v) is 6.47. The van der Waals surface area contributed by atoms with E-state index < -0.39 is 0 Å². The normalized spacial score (nSPS) is 16.1. The summed E-state index contributed by atoms with van der Waals surface area (Å²) in [6.45, 7) is 6.87. The van der Waals surface area contributed by atoms with E-state index in [4.69, 9.17) is 0 Å². The van der Waals surface area contributed by atoms with Gasteiger partial charge in [0.25, 0.3) is 0 Å². The Morgan fingerprint density at radius 3 is 2.67 bits per heavy atom.